The molecule has 6 rings (SSSR count). The molecule has 2 atom stereocenters. The first-order valence-electron chi connectivity index (χ1n) is 13.2. The fourth-order valence-corrected chi connectivity index (χ4v) is 6.34. The van der Waals surface area contributed by atoms with Crippen molar-refractivity contribution in [3.05, 3.63) is 76.9 Å². The number of carbonyl (C=O) groups excluding carboxylic acids is 2. The Morgan fingerprint density at radius 2 is 1.90 bits per heavy atom. The molecule has 1 saturated heterocycles. The number of nitrogens with zero attached hydrogens (tertiary/aromatic N) is 2. The molecule has 1 fully saturated rings. The summed E-state index contributed by atoms with van der Waals surface area (Å²) in [5.74, 6) is 0.498. The predicted octanol–water partition coefficient (Wildman–Crippen LogP) is 5.66. The van der Waals surface area contributed by atoms with E-state index in [2.05, 4.69) is 4.98 Å². The Hall–Kier alpha value is -4.57. The van der Waals surface area contributed by atoms with Gasteiger partial charge in [-0.1, -0.05) is 17.4 Å². The molecule has 3 heterocycles. The van der Waals surface area contributed by atoms with Gasteiger partial charge >= 0.3 is 5.91 Å². The number of rotatable bonds is 7. The number of aromatic nitrogens is 1. The lowest BCUT2D eigenvalue weighted by atomic mass is 9.94. The Balaban J connectivity index is 1.54. The minimum absolute atomic E-state index is 0.0157. The van der Waals surface area contributed by atoms with Crippen molar-refractivity contribution in [2.75, 3.05) is 25.7 Å². The zero-order valence-electron chi connectivity index (χ0n) is 23.0. The van der Waals surface area contributed by atoms with Crippen LogP contribution in [0, 0.1) is 0 Å². The third-order valence-corrected chi connectivity index (χ3v) is 8.22. The highest BCUT2D eigenvalue weighted by Crippen LogP contribution is 2.46. The normalized spacial score (nSPS) is 19.4. The number of carbonyl (C=O) groups is 2. The lowest BCUT2D eigenvalue weighted by Crippen LogP contribution is -2.29. The van der Waals surface area contributed by atoms with Gasteiger partial charge in [-0.25, -0.2) is 4.98 Å². The van der Waals surface area contributed by atoms with Gasteiger partial charge in [0.15, 0.2) is 16.6 Å². The zero-order chi connectivity index (χ0) is 28.8. The van der Waals surface area contributed by atoms with E-state index in [9.17, 15) is 14.7 Å². The summed E-state index contributed by atoms with van der Waals surface area (Å²) in [4.78, 5) is 33.4. The Morgan fingerprint density at radius 3 is 2.66 bits per heavy atom. The van der Waals surface area contributed by atoms with Gasteiger partial charge in [-0.15, -0.1) is 0 Å². The van der Waals surface area contributed by atoms with Gasteiger partial charge < -0.3 is 24.1 Å². The lowest BCUT2D eigenvalue weighted by molar-refractivity contribution is -0.132. The maximum Gasteiger partial charge on any atom is 0.301 e. The maximum atomic E-state index is 13.7. The quantitative estimate of drug-likeness (QED) is 0.172. The summed E-state index contributed by atoms with van der Waals surface area (Å²) >= 11 is 1.26. The molecule has 0 spiro atoms. The summed E-state index contributed by atoms with van der Waals surface area (Å²) in [6.07, 6.45) is 0.696. The van der Waals surface area contributed by atoms with Crippen LogP contribution in [0.4, 0.5) is 5.13 Å². The van der Waals surface area contributed by atoms with Crippen LogP contribution in [0.5, 0.6) is 23.0 Å². The van der Waals surface area contributed by atoms with E-state index in [0.717, 1.165) is 16.0 Å². The summed E-state index contributed by atoms with van der Waals surface area (Å²) in [5, 5.41) is 11.9. The minimum Gasteiger partial charge on any atom is -0.507 e. The van der Waals surface area contributed by atoms with Crippen LogP contribution in [-0.2, 0) is 16.0 Å². The van der Waals surface area contributed by atoms with Crippen molar-refractivity contribution < 1.29 is 33.6 Å². The molecule has 0 bridgehead atoms. The number of Topliss-reactive ketones (excluding diaryl/α,β-unsaturated/α-hetero) is 1. The lowest BCUT2D eigenvalue weighted by Gasteiger charge is -2.24. The highest BCUT2D eigenvalue weighted by Gasteiger charge is 2.48. The predicted molar refractivity (Wildman–Crippen MR) is 155 cm³/mol. The van der Waals surface area contributed by atoms with E-state index in [1.165, 1.54) is 23.3 Å². The van der Waals surface area contributed by atoms with Gasteiger partial charge in [0.05, 0.1) is 42.7 Å². The molecule has 1 aromatic heterocycles. The number of anilines is 1. The van der Waals surface area contributed by atoms with Crippen LogP contribution < -0.4 is 23.8 Å². The second-order valence-corrected chi connectivity index (χ2v) is 10.8. The highest BCUT2D eigenvalue weighted by molar-refractivity contribution is 7.22. The van der Waals surface area contributed by atoms with Crippen LogP contribution in [0.25, 0.3) is 16.0 Å². The van der Waals surface area contributed by atoms with Crippen LogP contribution >= 0.6 is 11.3 Å². The summed E-state index contributed by atoms with van der Waals surface area (Å²) in [6, 6.07) is 14.9. The SMILES string of the molecule is CCOc1ccc([C@H]2/C(=C(\O)c3ccc4c(c3)C[C@@H](C)O4)C(=O)C(=O)N2c2nc3ccc(OC)cc3s2)cc1OC. The maximum absolute atomic E-state index is 13.7. The number of ether oxygens (including phenoxy) is 4. The van der Waals surface area contributed by atoms with Crippen molar-refractivity contribution in [1.29, 1.82) is 0 Å². The average Bonchev–Trinajstić information content (AvgIpc) is 3.64. The van der Waals surface area contributed by atoms with Crippen LogP contribution in [0.3, 0.4) is 0 Å². The first-order valence-corrected chi connectivity index (χ1v) is 14.0. The monoisotopic (exact) mass is 572 g/mol. The van der Waals surface area contributed by atoms with Crippen molar-refractivity contribution in [3.8, 4) is 23.0 Å². The van der Waals surface area contributed by atoms with Crippen molar-refractivity contribution >= 4 is 44.1 Å². The average molecular weight is 573 g/mol. The number of fused-ring (bicyclic) bond motifs is 2. The van der Waals surface area contributed by atoms with Crippen molar-refractivity contribution in [2.24, 2.45) is 0 Å². The fraction of sp³-hybridized carbons (Fsp3) is 0.258. The summed E-state index contributed by atoms with van der Waals surface area (Å²) < 4.78 is 23.2. The molecule has 9 nitrogen and oxygen atoms in total. The number of hydrogen-bond donors (Lipinski definition) is 1. The van der Waals surface area contributed by atoms with Gasteiger partial charge in [0, 0.05) is 12.0 Å². The van der Waals surface area contributed by atoms with E-state index < -0.39 is 17.7 Å². The van der Waals surface area contributed by atoms with E-state index in [-0.39, 0.29) is 17.4 Å². The molecule has 0 aliphatic carbocycles. The number of thiazole rings is 1. The third kappa shape index (κ3) is 4.54. The van der Waals surface area contributed by atoms with Gasteiger partial charge in [0.25, 0.3) is 5.78 Å². The van der Waals surface area contributed by atoms with Crippen LogP contribution in [0.2, 0.25) is 0 Å². The topological polar surface area (TPSA) is 107 Å². The van der Waals surface area contributed by atoms with E-state index in [4.69, 9.17) is 18.9 Å². The zero-order valence-corrected chi connectivity index (χ0v) is 23.8. The van der Waals surface area contributed by atoms with Crippen LogP contribution in [-0.4, -0.2) is 48.7 Å². The highest BCUT2D eigenvalue weighted by atomic mass is 32.1. The van der Waals surface area contributed by atoms with E-state index >= 15 is 0 Å². The number of amides is 1. The molecule has 4 aromatic rings. The second kappa shape index (κ2) is 10.4. The van der Waals surface area contributed by atoms with Crippen LogP contribution in [0.15, 0.2) is 60.2 Å². The number of benzene rings is 3. The smallest absolute Gasteiger partial charge is 0.301 e. The molecule has 0 saturated carbocycles. The Morgan fingerprint density at radius 1 is 1.07 bits per heavy atom. The van der Waals surface area contributed by atoms with Crippen LogP contribution in [0.1, 0.15) is 36.6 Å². The first-order chi connectivity index (χ1) is 19.8. The van der Waals surface area contributed by atoms with E-state index in [0.29, 0.717) is 52.1 Å². The number of aliphatic hydroxyl groups is 1. The molecule has 2 aliphatic rings. The standard InChI is InChI=1S/C31H28N2O7S/c1-5-39-23-11-6-17(14-24(23)38-4)27-26(28(34)18-7-10-22-19(13-18)12-16(2)40-22)29(35)30(36)33(27)31-32-21-9-8-20(37-3)15-25(21)41-31/h6-11,13-16,27,34H,5,12H2,1-4H3/b28-26+/t16-,27+/m1/s1. The molecule has 1 amide bonds. The number of methoxy groups -OCH3 is 2. The van der Waals surface area contributed by atoms with E-state index in [1.807, 2.05) is 19.9 Å². The van der Waals surface area contributed by atoms with Crippen molar-refractivity contribution in [3.63, 3.8) is 0 Å². The summed E-state index contributed by atoms with van der Waals surface area (Å²) in [6.45, 7) is 4.27. The molecule has 0 radical (unpaired) electrons. The second-order valence-electron chi connectivity index (χ2n) is 9.80. The minimum atomic E-state index is -0.967. The van der Waals surface area contributed by atoms with Gasteiger partial charge in [-0.2, -0.15) is 0 Å². The van der Waals surface area contributed by atoms with Crippen molar-refractivity contribution in [1.82, 2.24) is 4.98 Å². The van der Waals surface area contributed by atoms with Gasteiger partial charge in [-0.05, 0) is 73.5 Å². The summed E-state index contributed by atoms with van der Waals surface area (Å²) in [7, 11) is 3.10. The molecule has 210 valence electrons. The molecule has 3 aromatic carbocycles. The van der Waals surface area contributed by atoms with Gasteiger partial charge in [0.1, 0.15) is 23.4 Å². The molecule has 0 unspecified atom stereocenters. The Kier molecular flexibility index (Phi) is 6.78. The molecule has 10 heteroatoms. The molecular formula is C31H28N2O7S. The third-order valence-electron chi connectivity index (χ3n) is 7.21. The molecule has 2 aliphatic heterocycles. The van der Waals surface area contributed by atoms with Gasteiger partial charge in [0.2, 0.25) is 0 Å². The largest absolute Gasteiger partial charge is 0.507 e. The molecule has 1 N–H and O–H groups in total. The Bertz CT molecular complexity index is 1730. The van der Waals surface area contributed by atoms with Gasteiger partial charge in [-0.3, -0.25) is 14.5 Å². The molecular weight excluding hydrogens is 544 g/mol. The van der Waals surface area contributed by atoms with Crippen molar-refractivity contribution in [2.45, 2.75) is 32.4 Å². The molecule has 41 heavy (non-hydrogen) atoms. The Labute approximate surface area is 240 Å². The fourth-order valence-electron chi connectivity index (χ4n) is 5.32. The van der Waals surface area contributed by atoms with E-state index in [1.54, 1.807) is 55.6 Å². The summed E-state index contributed by atoms with van der Waals surface area (Å²) in [5.41, 5.74) is 2.53. The number of ketones is 1. The first kappa shape index (κ1) is 26.6. The number of aliphatic hydroxyl groups excluding tert-OH is 1. The number of hydrogen-bond acceptors (Lipinski definition) is 9.